The van der Waals surface area contributed by atoms with Crippen LogP contribution in [0.2, 0.25) is 0 Å². The molecule has 3 rings (SSSR count). The number of allylic oxidation sites excluding steroid dienone is 1. The highest BCUT2D eigenvalue weighted by molar-refractivity contribution is 5.92. The van der Waals surface area contributed by atoms with Crippen LogP contribution in [0.15, 0.2) is 59.2 Å². The lowest BCUT2D eigenvalue weighted by Gasteiger charge is -2.22. The third-order valence-corrected chi connectivity index (χ3v) is 5.32. The third kappa shape index (κ3) is 7.28. The molecule has 8 N–H and O–H groups in total. The Hall–Kier alpha value is -3.92. The van der Waals surface area contributed by atoms with E-state index in [1.54, 1.807) is 25.7 Å². The van der Waals surface area contributed by atoms with Crippen LogP contribution >= 0.6 is 0 Å². The van der Waals surface area contributed by atoms with Gasteiger partial charge in [0.15, 0.2) is 0 Å². The van der Waals surface area contributed by atoms with Crippen molar-refractivity contribution in [3.05, 3.63) is 65.4 Å². The molecule has 1 atom stereocenters. The molecule has 0 fully saturated rings. The number of nitrogens with one attached hydrogen (secondary N) is 4. The molecule has 0 saturated heterocycles. The summed E-state index contributed by atoms with van der Waals surface area (Å²) in [5.41, 5.74) is 16.1. The predicted octanol–water partition coefficient (Wildman–Crippen LogP) is 1.55. The monoisotopic (exact) mass is 477 g/mol. The molecule has 1 unspecified atom stereocenters. The minimum Gasteiger partial charge on any atom is -0.403 e. The van der Waals surface area contributed by atoms with Crippen LogP contribution in [0.25, 0.3) is 11.3 Å². The van der Waals surface area contributed by atoms with Crippen LogP contribution in [0.4, 0.5) is 5.95 Å². The second-order valence-electron chi connectivity index (χ2n) is 9.29. The molecule has 1 aromatic carbocycles. The molecule has 10 heteroatoms. The van der Waals surface area contributed by atoms with E-state index >= 15 is 0 Å². The maximum Gasteiger partial charge on any atom is 0.269 e. The minimum atomic E-state index is -0.309. The van der Waals surface area contributed by atoms with Crippen LogP contribution in [0.1, 0.15) is 37.9 Å². The number of hydrogen-bond donors (Lipinski definition) is 6. The summed E-state index contributed by atoms with van der Waals surface area (Å²) in [6, 6.07) is 7.81. The standard InChI is InChI=1S/C25H35N9O/c1-25(2,3)31-14-20(27)23(35)33-22-15-29-9-7-16-11-17(5-6-19(16)22)21-8-10-30-24(34-21)32-18(12-26)13-28-4/h5-6,8,10-14,22,29,31H,7,9,15,26-27H2,1-4H3,(H,33,35)(H,30,32,34)/b18-12?,20-14-,28-13?. The number of carbonyl (C=O) groups is 1. The summed E-state index contributed by atoms with van der Waals surface area (Å²) in [6.07, 6.45) is 7.09. The van der Waals surface area contributed by atoms with Gasteiger partial charge in [-0.2, -0.15) is 0 Å². The zero-order chi connectivity index (χ0) is 25.4. The van der Waals surface area contributed by atoms with E-state index in [0.29, 0.717) is 18.2 Å². The summed E-state index contributed by atoms with van der Waals surface area (Å²) in [5, 5.41) is 12.6. The number of fused-ring (bicyclic) bond motifs is 1. The number of aliphatic imine (C=N–C) groups is 1. The zero-order valence-corrected chi connectivity index (χ0v) is 20.7. The molecule has 0 radical (unpaired) electrons. The van der Waals surface area contributed by atoms with Gasteiger partial charge in [-0.25, -0.2) is 9.97 Å². The van der Waals surface area contributed by atoms with Crippen LogP contribution < -0.4 is 32.7 Å². The molecule has 2 heterocycles. The van der Waals surface area contributed by atoms with Gasteiger partial charge in [0.1, 0.15) is 5.70 Å². The zero-order valence-electron chi connectivity index (χ0n) is 20.7. The Kier molecular flexibility index (Phi) is 8.43. The Balaban J connectivity index is 1.82. The van der Waals surface area contributed by atoms with Crippen molar-refractivity contribution < 1.29 is 4.79 Å². The molecular formula is C25H35N9O. The topological polar surface area (TPSA) is 155 Å². The SMILES string of the molecule is CN=CC(=CN)Nc1nccc(-c2ccc3c(c2)CCNCC3NC(=O)/C(N)=C/NC(C)(C)C)n1. The van der Waals surface area contributed by atoms with E-state index in [1.165, 1.54) is 6.20 Å². The predicted molar refractivity (Wildman–Crippen MR) is 140 cm³/mol. The largest absolute Gasteiger partial charge is 0.403 e. The second kappa shape index (κ2) is 11.5. The number of amides is 1. The molecule has 0 aliphatic carbocycles. The summed E-state index contributed by atoms with van der Waals surface area (Å²) in [5.74, 6) is 0.114. The van der Waals surface area contributed by atoms with Gasteiger partial charge in [-0.05, 0) is 57.0 Å². The van der Waals surface area contributed by atoms with Crippen molar-refractivity contribution in [1.29, 1.82) is 0 Å². The number of aromatic nitrogens is 2. The number of nitrogens with two attached hydrogens (primary N) is 2. The fraction of sp³-hybridized carbons (Fsp3) is 0.360. The lowest BCUT2D eigenvalue weighted by molar-refractivity contribution is -0.118. The molecule has 1 aromatic heterocycles. The first-order chi connectivity index (χ1) is 16.7. The van der Waals surface area contributed by atoms with Crippen molar-refractivity contribution in [3.63, 3.8) is 0 Å². The lowest BCUT2D eigenvalue weighted by atomic mass is 9.96. The molecule has 2 aromatic rings. The maximum atomic E-state index is 12.7. The molecule has 1 aliphatic rings. The highest BCUT2D eigenvalue weighted by Crippen LogP contribution is 2.27. The van der Waals surface area contributed by atoms with Crippen molar-refractivity contribution in [2.45, 2.75) is 38.8 Å². The molecule has 1 aliphatic heterocycles. The Labute approximate surface area is 206 Å². The smallest absolute Gasteiger partial charge is 0.269 e. The van der Waals surface area contributed by atoms with Gasteiger partial charge in [-0.3, -0.25) is 9.79 Å². The van der Waals surface area contributed by atoms with E-state index in [2.05, 4.69) is 42.3 Å². The first-order valence-corrected chi connectivity index (χ1v) is 11.5. The van der Waals surface area contributed by atoms with Crippen LogP contribution in [0.3, 0.4) is 0 Å². The first-order valence-electron chi connectivity index (χ1n) is 11.5. The summed E-state index contributed by atoms with van der Waals surface area (Å²) in [7, 11) is 1.66. The maximum absolute atomic E-state index is 12.7. The van der Waals surface area contributed by atoms with Crippen LogP contribution in [-0.4, -0.2) is 47.8 Å². The molecule has 0 saturated carbocycles. The van der Waals surface area contributed by atoms with Gasteiger partial charge < -0.3 is 32.7 Å². The van der Waals surface area contributed by atoms with Gasteiger partial charge >= 0.3 is 0 Å². The van der Waals surface area contributed by atoms with Crippen molar-refractivity contribution in [1.82, 2.24) is 25.9 Å². The molecule has 0 bridgehead atoms. The Morgan fingerprint density at radius 1 is 1.29 bits per heavy atom. The summed E-state index contributed by atoms with van der Waals surface area (Å²) < 4.78 is 0. The van der Waals surface area contributed by atoms with Crippen LogP contribution in [0, 0.1) is 0 Å². The fourth-order valence-electron chi connectivity index (χ4n) is 3.60. The Morgan fingerprint density at radius 2 is 2.09 bits per heavy atom. The molecule has 0 spiro atoms. The van der Waals surface area contributed by atoms with Crippen molar-refractivity contribution in [3.8, 4) is 11.3 Å². The first kappa shape index (κ1) is 25.7. The van der Waals surface area contributed by atoms with Gasteiger partial charge in [0.25, 0.3) is 5.91 Å². The number of anilines is 1. The highest BCUT2D eigenvalue weighted by Gasteiger charge is 2.22. The van der Waals surface area contributed by atoms with Crippen molar-refractivity contribution in [2.75, 3.05) is 25.5 Å². The van der Waals surface area contributed by atoms with Crippen molar-refractivity contribution in [2.24, 2.45) is 16.5 Å². The second-order valence-corrected chi connectivity index (χ2v) is 9.29. The van der Waals surface area contributed by atoms with Gasteiger partial charge in [-0.1, -0.05) is 12.1 Å². The van der Waals surface area contributed by atoms with Gasteiger partial charge in [0, 0.05) is 49.5 Å². The van der Waals surface area contributed by atoms with Gasteiger partial charge in [0.05, 0.1) is 17.4 Å². The number of rotatable bonds is 7. The van der Waals surface area contributed by atoms with Crippen molar-refractivity contribution >= 4 is 18.1 Å². The van der Waals surface area contributed by atoms with Gasteiger partial charge in [-0.15, -0.1) is 0 Å². The van der Waals surface area contributed by atoms with E-state index in [9.17, 15) is 4.79 Å². The molecular weight excluding hydrogens is 442 g/mol. The van der Waals surface area contributed by atoms with E-state index < -0.39 is 0 Å². The Bertz CT molecular complexity index is 1130. The van der Waals surface area contributed by atoms with Gasteiger partial charge in [0.2, 0.25) is 5.95 Å². The lowest BCUT2D eigenvalue weighted by Crippen LogP contribution is -2.39. The van der Waals surface area contributed by atoms with E-state index in [0.717, 1.165) is 35.3 Å². The number of hydrogen-bond acceptors (Lipinski definition) is 9. The van der Waals surface area contributed by atoms with E-state index in [1.807, 2.05) is 39.0 Å². The minimum absolute atomic E-state index is 0.141. The number of nitrogens with zero attached hydrogens (tertiary/aromatic N) is 3. The van der Waals surface area contributed by atoms with E-state index in [4.69, 9.17) is 11.5 Å². The summed E-state index contributed by atoms with van der Waals surface area (Å²) in [4.78, 5) is 25.6. The highest BCUT2D eigenvalue weighted by atomic mass is 16.2. The number of carbonyl (C=O) groups excluding carboxylic acids is 1. The summed E-state index contributed by atoms with van der Waals surface area (Å²) >= 11 is 0. The Morgan fingerprint density at radius 3 is 2.80 bits per heavy atom. The molecule has 35 heavy (non-hydrogen) atoms. The average molecular weight is 478 g/mol. The van der Waals surface area contributed by atoms with Crippen LogP contribution in [0.5, 0.6) is 0 Å². The summed E-state index contributed by atoms with van der Waals surface area (Å²) in [6.45, 7) is 7.43. The third-order valence-electron chi connectivity index (χ3n) is 5.32. The molecule has 186 valence electrons. The van der Waals surface area contributed by atoms with E-state index in [-0.39, 0.29) is 23.2 Å². The normalized spacial score (nSPS) is 17.0. The quantitative estimate of drug-likeness (QED) is 0.259. The number of benzene rings is 1. The average Bonchev–Trinajstić information content (AvgIpc) is 3.03. The molecule has 1 amide bonds. The molecule has 10 nitrogen and oxygen atoms in total. The fourth-order valence-corrected chi connectivity index (χ4v) is 3.60. The van der Waals surface area contributed by atoms with Crippen LogP contribution in [-0.2, 0) is 11.2 Å².